The van der Waals surface area contributed by atoms with Crippen molar-refractivity contribution in [2.45, 2.75) is 6.04 Å². The molecule has 0 aliphatic carbocycles. The molecule has 0 saturated carbocycles. The molecule has 3 N–H and O–H groups in total. The summed E-state index contributed by atoms with van der Waals surface area (Å²) in [5.74, 6) is 1.78. The lowest BCUT2D eigenvalue weighted by atomic mass is 10.0. The number of rotatable bonds is 9. The molecule has 0 saturated heterocycles. The van der Waals surface area contributed by atoms with Gasteiger partial charge in [-0.1, -0.05) is 36.4 Å². The molecule has 0 aliphatic rings. The lowest BCUT2D eigenvalue weighted by Crippen LogP contribution is -2.27. The number of methoxy groups -OCH3 is 4. The number of amides is 1. The highest BCUT2D eigenvalue weighted by Crippen LogP contribution is 2.45. The lowest BCUT2D eigenvalue weighted by molar-refractivity contribution is -0.117. The molecule has 1 amide bonds. The first kappa shape index (κ1) is 27.8. The summed E-state index contributed by atoms with van der Waals surface area (Å²) in [7, 11) is 6.27. The van der Waals surface area contributed by atoms with E-state index in [2.05, 4.69) is 9.69 Å². The number of ether oxygens (including phenoxy) is 4. The van der Waals surface area contributed by atoms with Gasteiger partial charge in [0.05, 0.1) is 39.0 Å². The van der Waals surface area contributed by atoms with E-state index >= 15 is 0 Å². The topological polar surface area (TPSA) is 105 Å². The number of carbonyl (C=O) groups excluding carboxylic acids is 1. The summed E-state index contributed by atoms with van der Waals surface area (Å²) in [5, 5.41) is 2.91. The van der Waals surface area contributed by atoms with Crippen molar-refractivity contribution in [3.63, 3.8) is 0 Å². The van der Waals surface area contributed by atoms with Gasteiger partial charge in [0.2, 0.25) is 11.7 Å². The van der Waals surface area contributed by atoms with Gasteiger partial charge in [-0.15, -0.1) is 12.4 Å². The molecule has 8 nitrogen and oxygen atoms in total. The Labute approximate surface area is 225 Å². The minimum atomic E-state index is -0.822. The number of nitrogens with one attached hydrogen (secondary N) is 1. The van der Waals surface area contributed by atoms with E-state index in [1.807, 2.05) is 54.6 Å². The van der Waals surface area contributed by atoms with Crippen LogP contribution in [0.25, 0.3) is 21.6 Å². The number of nitrogens with two attached hydrogens (primary N) is 1. The van der Waals surface area contributed by atoms with Gasteiger partial charge in [-0.05, 0) is 46.9 Å². The maximum atomic E-state index is 12.9. The van der Waals surface area contributed by atoms with Crippen molar-refractivity contribution in [2.24, 2.45) is 5.73 Å². The molecule has 4 aromatic rings. The van der Waals surface area contributed by atoms with Crippen LogP contribution in [0.5, 0.6) is 23.0 Å². The largest absolute Gasteiger partial charge is 0.495 e. The van der Waals surface area contributed by atoms with Crippen LogP contribution in [0.1, 0.15) is 11.6 Å². The maximum Gasteiger partial charge on any atom is 0.245 e. The van der Waals surface area contributed by atoms with Gasteiger partial charge >= 0.3 is 0 Å². The van der Waals surface area contributed by atoms with E-state index in [1.165, 1.54) is 11.5 Å². The summed E-state index contributed by atoms with van der Waals surface area (Å²) in [6.07, 6.45) is 1.78. The first-order valence-corrected chi connectivity index (χ1v) is 11.8. The first-order chi connectivity index (χ1) is 17.5. The average Bonchev–Trinajstić information content (AvgIpc) is 3.42. The highest BCUT2D eigenvalue weighted by Gasteiger charge is 2.21. The summed E-state index contributed by atoms with van der Waals surface area (Å²) < 4.78 is 26.4. The Kier molecular flexibility index (Phi) is 9.35. The summed E-state index contributed by atoms with van der Waals surface area (Å²) in [6, 6.07) is 17.7. The quantitative estimate of drug-likeness (QED) is 0.285. The van der Waals surface area contributed by atoms with Crippen molar-refractivity contribution in [3.8, 4) is 44.6 Å². The highest BCUT2D eigenvalue weighted by atomic mass is 35.5. The lowest BCUT2D eigenvalue weighted by Gasteiger charge is -2.16. The van der Waals surface area contributed by atoms with Gasteiger partial charge in [-0.2, -0.15) is 4.37 Å². The number of anilines is 1. The Hall–Kier alpha value is -3.79. The minimum absolute atomic E-state index is 0. The summed E-state index contributed by atoms with van der Waals surface area (Å²) in [5.41, 5.74) is 10.00. The van der Waals surface area contributed by atoms with Gasteiger partial charge in [0.1, 0.15) is 11.8 Å². The molecule has 3 aromatic carbocycles. The van der Waals surface area contributed by atoms with Crippen molar-refractivity contribution in [1.82, 2.24) is 4.37 Å². The second kappa shape index (κ2) is 12.4. The van der Waals surface area contributed by atoms with Crippen molar-refractivity contribution in [1.29, 1.82) is 0 Å². The van der Waals surface area contributed by atoms with Crippen LogP contribution in [0.15, 0.2) is 66.9 Å². The van der Waals surface area contributed by atoms with Crippen LogP contribution in [0.2, 0.25) is 0 Å². The third kappa shape index (κ3) is 5.80. The van der Waals surface area contributed by atoms with Crippen molar-refractivity contribution >= 4 is 35.5 Å². The number of benzene rings is 3. The number of nitrogens with zero attached hydrogens (tertiary/aromatic N) is 1. The zero-order valence-corrected chi connectivity index (χ0v) is 22.4. The van der Waals surface area contributed by atoms with Crippen LogP contribution in [0, 0.1) is 0 Å². The van der Waals surface area contributed by atoms with Crippen LogP contribution in [-0.2, 0) is 4.79 Å². The fraction of sp³-hybridized carbons (Fsp3) is 0.185. The van der Waals surface area contributed by atoms with Crippen LogP contribution >= 0.6 is 23.9 Å². The van der Waals surface area contributed by atoms with Crippen molar-refractivity contribution in [2.75, 3.05) is 33.8 Å². The zero-order valence-electron chi connectivity index (χ0n) is 20.8. The third-order valence-corrected chi connectivity index (χ3v) is 6.56. The fourth-order valence-electron chi connectivity index (χ4n) is 3.86. The van der Waals surface area contributed by atoms with Gasteiger partial charge < -0.3 is 30.0 Å². The van der Waals surface area contributed by atoms with Crippen LogP contribution < -0.4 is 30.0 Å². The predicted molar refractivity (Wildman–Crippen MR) is 148 cm³/mol. The van der Waals surface area contributed by atoms with Crippen molar-refractivity contribution in [3.05, 3.63) is 72.4 Å². The molecular formula is C27H28ClN3O5S. The monoisotopic (exact) mass is 541 g/mol. The molecule has 194 valence electrons. The third-order valence-electron chi connectivity index (χ3n) is 5.71. The van der Waals surface area contributed by atoms with Crippen LogP contribution in [-0.4, -0.2) is 38.7 Å². The standard InChI is InChI=1S/C27H27N3O5S.ClH/c1-32-21-11-10-17(12-20(21)30-27(31)24(28)16-8-6-5-7-9-16)19-15-29-36-26(19)18-13-22(33-2)25(35-4)23(14-18)34-3;/h5-15,24H,28H2,1-4H3,(H,30,31);1H. The SMILES string of the molecule is COc1ccc(-c2cnsc2-c2cc(OC)c(OC)c(OC)c2)cc1NC(=O)C(N)c1ccccc1.Cl. The van der Waals surface area contributed by atoms with Gasteiger partial charge in [0.15, 0.2) is 11.5 Å². The second-order valence-corrected chi connectivity index (χ2v) is 8.58. The van der Waals surface area contributed by atoms with Gasteiger partial charge in [0, 0.05) is 17.3 Å². The molecule has 10 heteroatoms. The first-order valence-electron chi connectivity index (χ1n) is 11.1. The van der Waals surface area contributed by atoms with E-state index in [-0.39, 0.29) is 18.3 Å². The molecule has 37 heavy (non-hydrogen) atoms. The highest BCUT2D eigenvalue weighted by molar-refractivity contribution is 7.10. The van der Waals surface area contributed by atoms with Crippen LogP contribution in [0.3, 0.4) is 0 Å². The smallest absolute Gasteiger partial charge is 0.245 e. The number of carbonyl (C=O) groups is 1. The molecule has 0 radical (unpaired) electrons. The molecule has 1 aromatic heterocycles. The number of hydrogen-bond donors (Lipinski definition) is 2. The molecule has 0 bridgehead atoms. The predicted octanol–water partition coefficient (Wildman–Crippen LogP) is 5.57. The Balaban J connectivity index is 0.00000380. The van der Waals surface area contributed by atoms with E-state index in [0.717, 1.165) is 27.1 Å². The van der Waals surface area contributed by atoms with Crippen molar-refractivity contribution < 1.29 is 23.7 Å². The molecule has 0 aliphatic heterocycles. The molecule has 1 unspecified atom stereocenters. The number of aromatic nitrogens is 1. The summed E-state index contributed by atoms with van der Waals surface area (Å²) >= 11 is 1.34. The Bertz CT molecular complexity index is 1340. The van der Waals surface area contributed by atoms with E-state index in [4.69, 9.17) is 24.7 Å². The minimum Gasteiger partial charge on any atom is -0.495 e. The van der Waals surface area contributed by atoms with E-state index < -0.39 is 6.04 Å². The Morgan fingerprint density at radius 2 is 1.51 bits per heavy atom. The second-order valence-electron chi connectivity index (χ2n) is 7.78. The number of hydrogen-bond acceptors (Lipinski definition) is 8. The Morgan fingerprint density at radius 3 is 2.11 bits per heavy atom. The molecular weight excluding hydrogens is 514 g/mol. The van der Waals surface area contributed by atoms with E-state index in [1.54, 1.807) is 40.7 Å². The zero-order chi connectivity index (χ0) is 25.7. The number of halogens is 1. The fourth-order valence-corrected chi connectivity index (χ4v) is 4.62. The Morgan fingerprint density at radius 1 is 0.865 bits per heavy atom. The average molecular weight is 542 g/mol. The van der Waals surface area contributed by atoms with Crippen LogP contribution in [0.4, 0.5) is 5.69 Å². The van der Waals surface area contributed by atoms with Gasteiger partial charge in [-0.25, -0.2) is 0 Å². The summed E-state index contributed by atoms with van der Waals surface area (Å²) in [6.45, 7) is 0. The molecule has 1 heterocycles. The normalized spacial score (nSPS) is 11.2. The molecule has 0 spiro atoms. The molecule has 0 fully saturated rings. The molecule has 1 atom stereocenters. The van der Waals surface area contributed by atoms with Gasteiger partial charge in [0.25, 0.3) is 0 Å². The van der Waals surface area contributed by atoms with E-state index in [0.29, 0.717) is 28.7 Å². The molecule has 4 rings (SSSR count). The van der Waals surface area contributed by atoms with Gasteiger partial charge in [-0.3, -0.25) is 4.79 Å². The van der Waals surface area contributed by atoms with E-state index in [9.17, 15) is 4.79 Å². The maximum absolute atomic E-state index is 12.9. The summed E-state index contributed by atoms with van der Waals surface area (Å²) in [4.78, 5) is 13.8.